The van der Waals surface area contributed by atoms with E-state index < -0.39 is 10.0 Å². The third kappa shape index (κ3) is 6.39. The second-order valence-electron chi connectivity index (χ2n) is 7.65. The molecule has 0 bridgehead atoms. The van der Waals surface area contributed by atoms with Crippen molar-refractivity contribution in [2.45, 2.75) is 43.5 Å². The summed E-state index contributed by atoms with van der Waals surface area (Å²) in [6.07, 6.45) is 2.78. The molecule has 30 heavy (non-hydrogen) atoms. The van der Waals surface area contributed by atoms with Crippen LogP contribution in [0.3, 0.4) is 0 Å². The number of ether oxygens (including phenoxy) is 1. The molecule has 6 nitrogen and oxygen atoms in total. The molecule has 1 aliphatic rings. The maximum Gasteiger partial charge on any atom is 0.243 e. The molecular formula is C23H30N2O4S. The quantitative estimate of drug-likeness (QED) is 0.664. The van der Waals surface area contributed by atoms with E-state index in [4.69, 9.17) is 4.74 Å². The number of morpholine rings is 1. The standard InChI is InChI=1S/C23H30N2O4S/c1-19(7-8-20-5-3-2-4-6-20)24-23(26)14-11-21-9-12-22(13-10-21)30(27,28)25-15-17-29-18-16-25/h2-6,9-10,12-13,19H,7-8,11,14-18H2,1H3,(H,24,26)/t19-/m1/s1. The van der Waals surface area contributed by atoms with E-state index in [2.05, 4.69) is 17.4 Å². The van der Waals surface area contributed by atoms with Crippen molar-refractivity contribution in [1.29, 1.82) is 0 Å². The van der Waals surface area contributed by atoms with Crippen LogP contribution in [0.2, 0.25) is 0 Å². The smallest absolute Gasteiger partial charge is 0.243 e. The highest BCUT2D eigenvalue weighted by atomic mass is 32.2. The van der Waals surface area contributed by atoms with Crippen LogP contribution in [0.5, 0.6) is 0 Å². The zero-order chi connectivity index (χ0) is 21.4. The van der Waals surface area contributed by atoms with Gasteiger partial charge in [-0.1, -0.05) is 42.5 Å². The van der Waals surface area contributed by atoms with Gasteiger partial charge in [-0.15, -0.1) is 0 Å². The summed E-state index contributed by atoms with van der Waals surface area (Å²) in [4.78, 5) is 12.5. The van der Waals surface area contributed by atoms with Gasteiger partial charge >= 0.3 is 0 Å². The lowest BCUT2D eigenvalue weighted by molar-refractivity contribution is -0.121. The molecule has 1 fully saturated rings. The lowest BCUT2D eigenvalue weighted by Crippen LogP contribution is -2.40. The zero-order valence-electron chi connectivity index (χ0n) is 17.4. The van der Waals surface area contributed by atoms with Crippen LogP contribution < -0.4 is 5.32 Å². The van der Waals surface area contributed by atoms with Crippen LogP contribution in [-0.4, -0.2) is 51.0 Å². The minimum atomic E-state index is -3.48. The van der Waals surface area contributed by atoms with Gasteiger partial charge in [0.2, 0.25) is 15.9 Å². The monoisotopic (exact) mass is 430 g/mol. The molecule has 1 heterocycles. The summed E-state index contributed by atoms with van der Waals surface area (Å²) >= 11 is 0. The van der Waals surface area contributed by atoms with Gasteiger partial charge in [-0.2, -0.15) is 4.31 Å². The Morgan fingerprint density at radius 1 is 1.00 bits per heavy atom. The average Bonchev–Trinajstić information content (AvgIpc) is 2.78. The molecule has 0 radical (unpaired) electrons. The number of rotatable bonds is 9. The number of amides is 1. The van der Waals surface area contributed by atoms with E-state index in [1.165, 1.54) is 9.87 Å². The minimum absolute atomic E-state index is 0.0144. The third-order valence-electron chi connectivity index (χ3n) is 5.29. The van der Waals surface area contributed by atoms with Crippen LogP contribution in [0.25, 0.3) is 0 Å². The van der Waals surface area contributed by atoms with Gasteiger partial charge in [0, 0.05) is 25.6 Å². The normalized spacial score (nSPS) is 16.2. The molecule has 162 valence electrons. The molecular weight excluding hydrogens is 400 g/mol. The summed E-state index contributed by atoms with van der Waals surface area (Å²) in [5, 5.41) is 3.05. The van der Waals surface area contributed by atoms with E-state index in [9.17, 15) is 13.2 Å². The van der Waals surface area contributed by atoms with Crippen molar-refractivity contribution in [2.24, 2.45) is 0 Å². The molecule has 0 saturated carbocycles. The second kappa shape index (κ2) is 10.7. The third-order valence-corrected chi connectivity index (χ3v) is 7.20. The average molecular weight is 431 g/mol. The Balaban J connectivity index is 1.44. The van der Waals surface area contributed by atoms with Crippen LogP contribution in [0, 0.1) is 0 Å². The molecule has 0 aromatic heterocycles. The fourth-order valence-corrected chi connectivity index (χ4v) is 4.88. The highest BCUT2D eigenvalue weighted by Crippen LogP contribution is 2.18. The van der Waals surface area contributed by atoms with E-state index in [0.29, 0.717) is 39.1 Å². The number of nitrogens with zero attached hydrogens (tertiary/aromatic N) is 1. The highest BCUT2D eigenvalue weighted by Gasteiger charge is 2.26. The predicted molar refractivity (Wildman–Crippen MR) is 117 cm³/mol. The van der Waals surface area contributed by atoms with Crippen molar-refractivity contribution < 1.29 is 17.9 Å². The van der Waals surface area contributed by atoms with E-state index in [1.54, 1.807) is 24.3 Å². The molecule has 1 aliphatic heterocycles. The Labute approximate surface area is 179 Å². The first-order chi connectivity index (χ1) is 14.4. The number of sulfonamides is 1. The number of carbonyl (C=O) groups excluding carboxylic acids is 1. The Kier molecular flexibility index (Phi) is 8.01. The SMILES string of the molecule is C[C@H](CCc1ccccc1)NC(=O)CCc1ccc(S(=O)(=O)N2CCOCC2)cc1. The topological polar surface area (TPSA) is 75.7 Å². The van der Waals surface area contributed by atoms with Crippen LogP contribution >= 0.6 is 0 Å². The highest BCUT2D eigenvalue weighted by molar-refractivity contribution is 7.89. The molecule has 7 heteroatoms. The number of carbonyl (C=O) groups is 1. The molecule has 0 unspecified atom stereocenters. The first kappa shape index (κ1) is 22.5. The Bertz CT molecular complexity index is 908. The summed E-state index contributed by atoms with van der Waals surface area (Å²) in [6.45, 7) is 3.64. The first-order valence-corrected chi connectivity index (χ1v) is 11.9. The van der Waals surface area contributed by atoms with Crippen LogP contribution in [0.1, 0.15) is 30.9 Å². The van der Waals surface area contributed by atoms with Crippen LogP contribution in [0.15, 0.2) is 59.5 Å². The van der Waals surface area contributed by atoms with Crippen molar-refractivity contribution >= 4 is 15.9 Å². The van der Waals surface area contributed by atoms with E-state index >= 15 is 0 Å². The number of benzene rings is 2. The lowest BCUT2D eigenvalue weighted by Gasteiger charge is -2.26. The Hall–Kier alpha value is -2.22. The van der Waals surface area contributed by atoms with Crippen LogP contribution in [-0.2, 0) is 32.4 Å². The van der Waals surface area contributed by atoms with E-state index in [1.807, 2.05) is 25.1 Å². The number of nitrogens with one attached hydrogen (secondary N) is 1. The van der Waals surface area contributed by atoms with Crippen molar-refractivity contribution in [2.75, 3.05) is 26.3 Å². The molecule has 1 saturated heterocycles. The fourth-order valence-electron chi connectivity index (χ4n) is 3.47. The van der Waals surface area contributed by atoms with Crippen molar-refractivity contribution in [3.05, 3.63) is 65.7 Å². The van der Waals surface area contributed by atoms with Crippen molar-refractivity contribution in [3.63, 3.8) is 0 Å². The molecule has 1 atom stereocenters. The lowest BCUT2D eigenvalue weighted by atomic mass is 10.1. The summed E-state index contributed by atoms with van der Waals surface area (Å²) in [5.41, 5.74) is 2.22. The van der Waals surface area contributed by atoms with Crippen LogP contribution in [0.4, 0.5) is 0 Å². The van der Waals surface area contributed by atoms with Gasteiger partial charge in [0.25, 0.3) is 0 Å². The van der Waals surface area contributed by atoms with Gasteiger partial charge < -0.3 is 10.1 Å². The molecule has 0 spiro atoms. The minimum Gasteiger partial charge on any atom is -0.379 e. The first-order valence-electron chi connectivity index (χ1n) is 10.5. The summed E-state index contributed by atoms with van der Waals surface area (Å²) in [7, 11) is -3.48. The maximum atomic E-state index is 12.7. The summed E-state index contributed by atoms with van der Waals surface area (Å²) in [5.74, 6) is 0.0144. The van der Waals surface area contributed by atoms with Crippen molar-refractivity contribution in [3.8, 4) is 0 Å². The summed E-state index contributed by atoms with van der Waals surface area (Å²) < 4.78 is 32.0. The second-order valence-corrected chi connectivity index (χ2v) is 9.59. The molecule has 1 amide bonds. The number of hydrogen-bond acceptors (Lipinski definition) is 4. The van der Waals surface area contributed by atoms with Gasteiger partial charge in [0.1, 0.15) is 0 Å². The number of hydrogen-bond donors (Lipinski definition) is 1. The zero-order valence-corrected chi connectivity index (χ0v) is 18.2. The molecule has 3 rings (SSSR count). The molecule has 2 aromatic carbocycles. The number of aryl methyl sites for hydroxylation is 2. The maximum absolute atomic E-state index is 12.7. The Morgan fingerprint density at radius 3 is 2.30 bits per heavy atom. The summed E-state index contributed by atoms with van der Waals surface area (Å²) in [6, 6.07) is 17.2. The predicted octanol–water partition coefficient (Wildman–Crippen LogP) is 2.78. The van der Waals surface area contributed by atoms with Gasteiger partial charge in [0.05, 0.1) is 18.1 Å². The largest absolute Gasteiger partial charge is 0.379 e. The fraction of sp³-hybridized carbons (Fsp3) is 0.435. The molecule has 1 N–H and O–H groups in total. The molecule has 0 aliphatic carbocycles. The van der Waals surface area contributed by atoms with Crippen molar-refractivity contribution in [1.82, 2.24) is 9.62 Å². The van der Waals surface area contributed by atoms with Gasteiger partial charge in [-0.05, 0) is 49.4 Å². The van der Waals surface area contributed by atoms with Gasteiger partial charge in [0.15, 0.2) is 0 Å². The Morgan fingerprint density at radius 2 is 1.63 bits per heavy atom. The van der Waals surface area contributed by atoms with Gasteiger partial charge in [-0.25, -0.2) is 8.42 Å². The van der Waals surface area contributed by atoms with E-state index in [0.717, 1.165) is 18.4 Å². The van der Waals surface area contributed by atoms with E-state index in [-0.39, 0.29) is 16.8 Å². The van der Waals surface area contributed by atoms with Gasteiger partial charge in [-0.3, -0.25) is 4.79 Å². The molecule has 2 aromatic rings.